The molecular formula is C22H34O3. The molecule has 0 aliphatic rings. The van der Waals surface area contributed by atoms with Gasteiger partial charge in [-0.15, -0.1) is 0 Å². The molecule has 0 amide bonds. The van der Waals surface area contributed by atoms with Gasteiger partial charge in [0.1, 0.15) is 5.75 Å². The highest BCUT2D eigenvalue weighted by molar-refractivity contribution is 5.89. The summed E-state index contributed by atoms with van der Waals surface area (Å²) >= 11 is 0. The molecule has 3 heteroatoms. The van der Waals surface area contributed by atoms with Gasteiger partial charge in [0.15, 0.2) is 0 Å². The molecule has 3 nitrogen and oxygen atoms in total. The smallest absolute Gasteiger partial charge is 0.338 e. The highest BCUT2D eigenvalue weighted by Crippen LogP contribution is 2.11. The summed E-state index contributed by atoms with van der Waals surface area (Å²) in [6, 6.07) is 6.15. The molecule has 0 aliphatic heterocycles. The van der Waals surface area contributed by atoms with Crippen molar-refractivity contribution in [2.45, 2.75) is 77.6 Å². The molecule has 0 heterocycles. The van der Waals surface area contributed by atoms with Crippen LogP contribution in [0.3, 0.4) is 0 Å². The average Bonchev–Trinajstić information content (AvgIpc) is 2.62. The molecule has 140 valence electrons. The Kier molecular flexibility index (Phi) is 12.4. The van der Waals surface area contributed by atoms with E-state index in [0.29, 0.717) is 12.2 Å². The van der Waals surface area contributed by atoms with Crippen LogP contribution in [0.2, 0.25) is 0 Å². The lowest BCUT2D eigenvalue weighted by Gasteiger charge is -2.04. The summed E-state index contributed by atoms with van der Waals surface area (Å²) in [4.78, 5) is 11.8. The van der Waals surface area contributed by atoms with Crippen molar-refractivity contribution in [2.75, 3.05) is 6.61 Å². The molecule has 0 unspecified atom stereocenters. The van der Waals surface area contributed by atoms with Gasteiger partial charge in [-0.2, -0.15) is 0 Å². The maximum atomic E-state index is 11.8. The molecule has 0 spiro atoms. The number of esters is 1. The van der Waals surface area contributed by atoms with E-state index in [2.05, 4.69) is 19.1 Å². The van der Waals surface area contributed by atoms with Crippen molar-refractivity contribution in [3.8, 4) is 5.75 Å². The maximum absolute atomic E-state index is 11.8. The van der Waals surface area contributed by atoms with Crippen LogP contribution in [0.15, 0.2) is 36.4 Å². The van der Waals surface area contributed by atoms with Gasteiger partial charge in [0.2, 0.25) is 0 Å². The van der Waals surface area contributed by atoms with Crippen molar-refractivity contribution < 1.29 is 14.6 Å². The monoisotopic (exact) mass is 346 g/mol. The summed E-state index contributed by atoms with van der Waals surface area (Å²) in [5.74, 6) is -0.163. The van der Waals surface area contributed by atoms with Crippen molar-refractivity contribution in [3.05, 3.63) is 42.0 Å². The Bertz CT molecular complexity index is 477. The first-order chi connectivity index (χ1) is 12.2. The first-order valence-corrected chi connectivity index (χ1v) is 9.85. The van der Waals surface area contributed by atoms with Gasteiger partial charge >= 0.3 is 5.97 Å². The predicted molar refractivity (Wildman–Crippen MR) is 104 cm³/mol. The average molecular weight is 347 g/mol. The standard InChI is InChI=1S/C22H34O3/c1-2-3-4-5-6-7-8-9-10-11-12-13-14-19-25-22(24)20-15-17-21(23)18-16-20/h8-9,15-18,23H,2-7,10-14,19H2,1H3/b9-8+. The fourth-order valence-corrected chi connectivity index (χ4v) is 2.66. The van der Waals surface area contributed by atoms with Crippen LogP contribution in [0, 0.1) is 0 Å². The minimum atomic E-state index is -0.318. The third kappa shape index (κ3) is 11.4. The number of ether oxygens (including phenoxy) is 1. The number of aromatic hydroxyl groups is 1. The van der Waals surface area contributed by atoms with Crippen LogP contribution >= 0.6 is 0 Å². The van der Waals surface area contributed by atoms with E-state index in [1.54, 1.807) is 12.1 Å². The molecule has 1 N–H and O–H groups in total. The van der Waals surface area contributed by atoms with Crippen molar-refractivity contribution in [3.63, 3.8) is 0 Å². The largest absolute Gasteiger partial charge is 0.508 e. The van der Waals surface area contributed by atoms with Gasteiger partial charge in [-0.05, 0) is 56.4 Å². The third-order valence-electron chi connectivity index (χ3n) is 4.24. The van der Waals surface area contributed by atoms with E-state index in [0.717, 1.165) is 19.3 Å². The quantitative estimate of drug-likeness (QED) is 0.240. The lowest BCUT2D eigenvalue weighted by atomic mass is 10.1. The second-order valence-electron chi connectivity index (χ2n) is 6.56. The number of allylic oxidation sites excluding steroid dienone is 2. The molecule has 0 aromatic heterocycles. The highest BCUT2D eigenvalue weighted by Gasteiger charge is 2.06. The molecular weight excluding hydrogens is 312 g/mol. The van der Waals surface area contributed by atoms with Gasteiger partial charge < -0.3 is 9.84 Å². The number of carbonyl (C=O) groups is 1. The minimum absolute atomic E-state index is 0.155. The second kappa shape index (κ2) is 14.6. The topological polar surface area (TPSA) is 46.5 Å². The molecule has 1 aromatic rings. The highest BCUT2D eigenvalue weighted by atomic mass is 16.5. The van der Waals surface area contributed by atoms with Crippen LogP contribution in [-0.2, 0) is 4.74 Å². The third-order valence-corrected chi connectivity index (χ3v) is 4.24. The van der Waals surface area contributed by atoms with Crippen LogP contribution in [0.4, 0.5) is 0 Å². The molecule has 0 bridgehead atoms. The fraction of sp³-hybridized carbons (Fsp3) is 0.591. The Morgan fingerprint density at radius 2 is 1.44 bits per heavy atom. The first kappa shape index (κ1) is 21.3. The number of benzene rings is 1. The van der Waals surface area contributed by atoms with Crippen LogP contribution in [0.5, 0.6) is 5.75 Å². The summed E-state index contributed by atoms with van der Waals surface area (Å²) in [5.41, 5.74) is 0.484. The van der Waals surface area contributed by atoms with Crippen LogP contribution < -0.4 is 0 Å². The number of hydrogen-bond donors (Lipinski definition) is 1. The van der Waals surface area contributed by atoms with Gasteiger partial charge in [0.25, 0.3) is 0 Å². The molecule has 25 heavy (non-hydrogen) atoms. The number of carbonyl (C=O) groups excluding carboxylic acids is 1. The van der Waals surface area contributed by atoms with E-state index in [4.69, 9.17) is 4.74 Å². The zero-order chi connectivity index (χ0) is 18.2. The van der Waals surface area contributed by atoms with Crippen LogP contribution in [0.1, 0.15) is 87.9 Å². The number of hydrogen-bond acceptors (Lipinski definition) is 3. The molecule has 0 atom stereocenters. The zero-order valence-corrected chi connectivity index (χ0v) is 15.7. The lowest BCUT2D eigenvalue weighted by Crippen LogP contribution is -2.06. The number of phenols is 1. The first-order valence-electron chi connectivity index (χ1n) is 9.85. The van der Waals surface area contributed by atoms with E-state index in [1.807, 2.05) is 0 Å². The molecule has 1 rings (SSSR count). The number of rotatable bonds is 14. The predicted octanol–water partition coefficient (Wildman–Crippen LogP) is 6.42. The summed E-state index contributed by atoms with van der Waals surface area (Å²) in [6.07, 6.45) is 18.1. The Hall–Kier alpha value is -1.77. The lowest BCUT2D eigenvalue weighted by molar-refractivity contribution is 0.0497. The maximum Gasteiger partial charge on any atom is 0.338 e. The molecule has 1 aromatic carbocycles. The summed E-state index contributed by atoms with van der Waals surface area (Å²) in [7, 11) is 0. The second-order valence-corrected chi connectivity index (χ2v) is 6.56. The normalized spacial score (nSPS) is 11.1. The summed E-state index contributed by atoms with van der Waals surface area (Å²) in [6.45, 7) is 2.72. The molecule has 0 fully saturated rings. The Labute approximate surface area is 153 Å². The van der Waals surface area contributed by atoms with Crippen molar-refractivity contribution in [1.29, 1.82) is 0 Å². The minimum Gasteiger partial charge on any atom is -0.508 e. The van der Waals surface area contributed by atoms with Crippen LogP contribution in [-0.4, -0.2) is 17.7 Å². The van der Waals surface area contributed by atoms with Gasteiger partial charge in [-0.1, -0.05) is 57.6 Å². The summed E-state index contributed by atoms with van der Waals surface area (Å²) in [5, 5.41) is 9.19. The van der Waals surface area contributed by atoms with Gasteiger partial charge in [0, 0.05) is 0 Å². The van der Waals surface area contributed by atoms with E-state index in [9.17, 15) is 9.90 Å². The van der Waals surface area contributed by atoms with E-state index in [-0.39, 0.29) is 11.7 Å². The molecule has 0 saturated heterocycles. The Morgan fingerprint density at radius 3 is 2.04 bits per heavy atom. The SMILES string of the molecule is CCCCCCC/C=C/CCCCCCOC(=O)c1ccc(O)cc1. The van der Waals surface area contributed by atoms with E-state index < -0.39 is 0 Å². The van der Waals surface area contributed by atoms with Crippen molar-refractivity contribution in [2.24, 2.45) is 0 Å². The Balaban J connectivity index is 1.90. The Morgan fingerprint density at radius 1 is 0.880 bits per heavy atom. The van der Waals surface area contributed by atoms with Crippen molar-refractivity contribution in [1.82, 2.24) is 0 Å². The van der Waals surface area contributed by atoms with E-state index in [1.165, 1.54) is 63.5 Å². The molecule has 0 saturated carbocycles. The van der Waals surface area contributed by atoms with E-state index >= 15 is 0 Å². The van der Waals surface area contributed by atoms with Gasteiger partial charge in [-0.3, -0.25) is 0 Å². The number of phenolic OH excluding ortho intramolecular Hbond substituents is 1. The van der Waals surface area contributed by atoms with Gasteiger partial charge in [0.05, 0.1) is 12.2 Å². The molecule has 0 aliphatic carbocycles. The number of unbranched alkanes of at least 4 members (excludes halogenated alkanes) is 9. The fourth-order valence-electron chi connectivity index (χ4n) is 2.66. The summed E-state index contributed by atoms with van der Waals surface area (Å²) < 4.78 is 5.23. The van der Waals surface area contributed by atoms with Gasteiger partial charge in [-0.25, -0.2) is 4.79 Å². The zero-order valence-electron chi connectivity index (χ0n) is 15.7. The molecule has 0 radical (unpaired) electrons. The van der Waals surface area contributed by atoms with Crippen molar-refractivity contribution >= 4 is 5.97 Å². The van der Waals surface area contributed by atoms with Crippen LogP contribution in [0.25, 0.3) is 0 Å².